The molecule has 0 aromatic carbocycles. The fourth-order valence-corrected chi connectivity index (χ4v) is 1.34. The lowest BCUT2D eigenvalue weighted by Gasteiger charge is -2.04. The summed E-state index contributed by atoms with van der Waals surface area (Å²) in [6, 6.07) is 0. The Balaban J connectivity index is 2.35. The Hall–Kier alpha value is -1.24. The molecule has 1 nitrogen and oxygen atoms in total. The minimum absolute atomic E-state index is 0.799. The SMILES string of the molecule is C1=CC2=C(C=CC1)OCCC=C2. The number of hydrogen-bond acceptors (Lipinski definition) is 1. The van der Waals surface area contributed by atoms with Gasteiger partial charge >= 0.3 is 0 Å². The summed E-state index contributed by atoms with van der Waals surface area (Å²) in [6.45, 7) is 0.799. The zero-order chi connectivity index (χ0) is 8.23. The fraction of sp³-hybridized carbons (Fsp3) is 0.273. The third-order valence-corrected chi connectivity index (χ3v) is 1.96. The van der Waals surface area contributed by atoms with Gasteiger partial charge in [-0.1, -0.05) is 30.4 Å². The first-order chi connectivity index (χ1) is 5.97. The number of ether oxygens (including phenoxy) is 1. The van der Waals surface area contributed by atoms with Crippen LogP contribution in [0, 0.1) is 0 Å². The molecule has 1 heteroatoms. The van der Waals surface area contributed by atoms with Crippen molar-refractivity contribution < 1.29 is 4.74 Å². The van der Waals surface area contributed by atoms with E-state index >= 15 is 0 Å². The minimum Gasteiger partial charge on any atom is -0.493 e. The van der Waals surface area contributed by atoms with Gasteiger partial charge in [0.25, 0.3) is 0 Å². The monoisotopic (exact) mass is 160 g/mol. The van der Waals surface area contributed by atoms with Crippen LogP contribution in [-0.4, -0.2) is 6.61 Å². The third kappa shape index (κ3) is 1.50. The van der Waals surface area contributed by atoms with Crippen LogP contribution >= 0.6 is 0 Å². The van der Waals surface area contributed by atoms with Gasteiger partial charge in [-0.3, -0.25) is 0 Å². The molecule has 12 heavy (non-hydrogen) atoms. The summed E-state index contributed by atoms with van der Waals surface area (Å²) in [5.74, 6) is 1.01. The van der Waals surface area contributed by atoms with Crippen LogP contribution in [0.2, 0.25) is 0 Å². The van der Waals surface area contributed by atoms with Crippen molar-refractivity contribution in [1.82, 2.24) is 0 Å². The number of rotatable bonds is 0. The molecule has 0 atom stereocenters. The summed E-state index contributed by atoms with van der Waals surface area (Å²) in [5, 5.41) is 0. The first kappa shape index (κ1) is 7.41. The molecule has 0 spiro atoms. The first-order valence-corrected chi connectivity index (χ1v) is 4.33. The average molecular weight is 160 g/mol. The van der Waals surface area contributed by atoms with Gasteiger partial charge in [-0.05, 0) is 18.9 Å². The Kier molecular flexibility index (Phi) is 2.12. The second-order valence-corrected chi connectivity index (χ2v) is 2.90. The lowest BCUT2D eigenvalue weighted by Crippen LogP contribution is -1.90. The normalized spacial score (nSPS) is 21.3. The molecule has 0 aromatic rings. The highest BCUT2D eigenvalue weighted by Gasteiger charge is 2.04. The van der Waals surface area contributed by atoms with E-state index in [1.807, 2.05) is 0 Å². The molecule has 0 saturated carbocycles. The minimum atomic E-state index is 0.799. The molecule has 0 saturated heterocycles. The van der Waals surface area contributed by atoms with Crippen molar-refractivity contribution in [2.75, 3.05) is 6.61 Å². The fourth-order valence-electron chi connectivity index (χ4n) is 1.34. The van der Waals surface area contributed by atoms with Crippen LogP contribution in [0.15, 0.2) is 47.8 Å². The Labute approximate surface area is 72.7 Å². The van der Waals surface area contributed by atoms with Crippen molar-refractivity contribution >= 4 is 0 Å². The molecule has 0 aromatic heterocycles. The van der Waals surface area contributed by atoms with E-state index in [0.717, 1.165) is 25.2 Å². The molecule has 0 bridgehead atoms. The number of allylic oxidation sites excluding steroid dienone is 6. The molecule has 1 heterocycles. The standard InChI is InChI=1S/C11H12O/c1-2-6-10-7-4-5-9-12-11(10)8-3-1/h2-4,6-8H,1,5,9H2. The molecule has 1 aliphatic carbocycles. The maximum Gasteiger partial charge on any atom is 0.126 e. The molecule has 0 fully saturated rings. The van der Waals surface area contributed by atoms with Gasteiger partial charge in [0.05, 0.1) is 6.61 Å². The van der Waals surface area contributed by atoms with Crippen LogP contribution < -0.4 is 0 Å². The van der Waals surface area contributed by atoms with Crippen molar-refractivity contribution in [1.29, 1.82) is 0 Å². The predicted molar refractivity (Wildman–Crippen MR) is 49.6 cm³/mol. The van der Waals surface area contributed by atoms with Gasteiger partial charge in [0.1, 0.15) is 5.76 Å². The van der Waals surface area contributed by atoms with Crippen molar-refractivity contribution in [3.05, 3.63) is 47.8 Å². The first-order valence-electron chi connectivity index (χ1n) is 4.33. The van der Waals surface area contributed by atoms with Gasteiger partial charge in [0.15, 0.2) is 0 Å². The lowest BCUT2D eigenvalue weighted by atomic mass is 10.2. The average Bonchev–Trinajstić information content (AvgIpc) is 2.38. The van der Waals surface area contributed by atoms with Crippen LogP contribution in [0.5, 0.6) is 0 Å². The van der Waals surface area contributed by atoms with Crippen LogP contribution in [0.3, 0.4) is 0 Å². The summed E-state index contributed by atoms with van der Waals surface area (Å²) in [7, 11) is 0. The number of hydrogen-bond donors (Lipinski definition) is 0. The van der Waals surface area contributed by atoms with E-state index in [1.54, 1.807) is 0 Å². The highest BCUT2D eigenvalue weighted by Crippen LogP contribution is 2.18. The zero-order valence-electron chi connectivity index (χ0n) is 6.99. The van der Waals surface area contributed by atoms with Gasteiger partial charge in [0.2, 0.25) is 0 Å². The predicted octanol–water partition coefficient (Wildman–Crippen LogP) is 2.73. The van der Waals surface area contributed by atoms with Crippen molar-refractivity contribution in [3.63, 3.8) is 0 Å². The molecule has 0 N–H and O–H groups in total. The van der Waals surface area contributed by atoms with Gasteiger partial charge in [-0.25, -0.2) is 0 Å². The summed E-state index contributed by atoms with van der Waals surface area (Å²) in [4.78, 5) is 0. The molecule has 0 radical (unpaired) electrons. The van der Waals surface area contributed by atoms with Crippen molar-refractivity contribution in [2.45, 2.75) is 12.8 Å². The third-order valence-electron chi connectivity index (χ3n) is 1.96. The largest absolute Gasteiger partial charge is 0.493 e. The van der Waals surface area contributed by atoms with Gasteiger partial charge in [-0.2, -0.15) is 0 Å². The van der Waals surface area contributed by atoms with Gasteiger partial charge in [-0.15, -0.1) is 0 Å². The van der Waals surface area contributed by atoms with E-state index in [4.69, 9.17) is 4.74 Å². The molecule has 0 unspecified atom stereocenters. The Morgan fingerprint density at radius 2 is 1.83 bits per heavy atom. The second-order valence-electron chi connectivity index (χ2n) is 2.90. The van der Waals surface area contributed by atoms with Crippen LogP contribution in [0.4, 0.5) is 0 Å². The topological polar surface area (TPSA) is 9.23 Å². The van der Waals surface area contributed by atoms with Crippen LogP contribution in [0.1, 0.15) is 12.8 Å². The highest BCUT2D eigenvalue weighted by molar-refractivity contribution is 5.40. The summed E-state index contributed by atoms with van der Waals surface area (Å²) in [5.41, 5.74) is 1.20. The zero-order valence-corrected chi connectivity index (χ0v) is 6.99. The Bertz CT molecular complexity index is 279. The highest BCUT2D eigenvalue weighted by atomic mass is 16.5. The molecular formula is C11H12O. The maximum atomic E-state index is 5.57. The smallest absolute Gasteiger partial charge is 0.126 e. The van der Waals surface area contributed by atoms with Crippen molar-refractivity contribution in [2.24, 2.45) is 0 Å². The second kappa shape index (κ2) is 3.44. The van der Waals surface area contributed by atoms with Gasteiger partial charge in [0, 0.05) is 5.57 Å². The lowest BCUT2D eigenvalue weighted by molar-refractivity contribution is 0.231. The molecular weight excluding hydrogens is 148 g/mol. The van der Waals surface area contributed by atoms with E-state index in [9.17, 15) is 0 Å². The Morgan fingerprint density at radius 1 is 1.00 bits per heavy atom. The summed E-state index contributed by atoms with van der Waals surface area (Å²) >= 11 is 0. The molecule has 0 amide bonds. The molecule has 2 aliphatic rings. The van der Waals surface area contributed by atoms with Crippen LogP contribution in [0.25, 0.3) is 0 Å². The summed E-state index contributed by atoms with van der Waals surface area (Å²) in [6.07, 6.45) is 14.8. The molecule has 62 valence electrons. The summed E-state index contributed by atoms with van der Waals surface area (Å²) < 4.78 is 5.57. The van der Waals surface area contributed by atoms with E-state index in [0.29, 0.717) is 0 Å². The van der Waals surface area contributed by atoms with Crippen LogP contribution in [-0.2, 0) is 4.74 Å². The van der Waals surface area contributed by atoms with E-state index in [1.165, 1.54) is 5.57 Å². The quantitative estimate of drug-likeness (QED) is 0.529. The van der Waals surface area contributed by atoms with E-state index in [-0.39, 0.29) is 0 Å². The Morgan fingerprint density at radius 3 is 2.83 bits per heavy atom. The van der Waals surface area contributed by atoms with Gasteiger partial charge < -0.3 is 4.74 Å². The van der Waals surface area contributed by atoms with Crippen molar-refractivity contribution in [3.8, 4) is 0 Å². The molecule has 2 rings (SSSR count). The molecule has 1 aliphatic heterocycles. The van der Waals surface area contributed by atoms with E-state index < -0.39 is 0 Å². The van der Waals surface area contributed by atoms with E-state index in [2.05, 4.69) is 36.5 Å². The maximum absolute atomic E-state index is 5.57.